The number of nitrogens with one attached hydrogen (secondary N) is 3. The fourth-order valence-corrected chi connectivity index (χ4v) is 7.72. The third kappa shape index (κ3) is 25.2. The van der Waals surface area contributed by atoms with Crippen LogP contribution in [0.5, 0.6) is 0 Å². The van der Waals surface area contributed by atoms with Gasteiger partial charge in [0.2, 0.25) is 17.7 Å². The third-order valence-electron chi connectivity index (χ3n) is 11.6. The van der Waals surface area contributed by atoms with Crippen molar-refractivity contribution in [1.82, 2.24) is 16.0 Å². The van der Waals surface area contributed by atoms with Gasteiger partial charge in [0.15, 0.2) is 6.29 Å². The molecule has 0 bridgehead atoms. The largest absolute Gasteiger partial charge is 0.481 e. The van der Waals surface area contributed by atoms with Crippen LogP contribution in [0.2, 0.25) is 0 Å². The van der Waals surface area contributed by atoms with Crippen LogP contribution in [-0.4, -0.2) is 112 Å². The second-order valence-corrected chi connectivity index (χ2v) is 16.8. The highest BCUT2D eigenvalue weighted by atomic mass is 16.7. The molecular formula is C45H85N3O11. The molecule has 3 amide bonds. The highest BCUT2D eigenvalue weighted by molar-refractivity contribution is 5.92. The molecule has 1 saturated heterocycles. The second-order valence-electron chi connectivity index (χ2n) is 16.8. The van der Waals surface area contributed by atoms with E-state index < -0.39 is 80.2 Å². The molecule has 1 fully saturated rings. The Kier molecular flexibility index (Phi) is 32.7. The van der Waals surface area contributed by atoms with E-state index in [0.717, 1.165) is 51.4 Å². The van der Waals surface area contributed by atoms with Crippen LogP contribution in [0.3, 0.4) is 0 Å². The number of likely N-dealkylation sites (N-methyl/N-ethyl adjacent to an activating group) is 1. The van der Waals surface area contributed by atoms with Crippen LogP contribution in [0.15, 0.2) is 0 Å². The van der Waals surface area contributed by atoms with E-state index in [-0.39, 0.29) is 18.2 Å². The topological polar surface area (TPSA) is 224 Å². The number of carboxylic acids is 1. The minimum absolute atomic E-state index is 0.199. The van der Waals surface area contributed by atoms with Crippen LogP contribution >= 0.6 is 0 Å². The van der Waals surface area contributed by atoms with Gasteiger partial charge in [-0.25, -0.2) is 0 Å². The van der Waals surface area contributed by atoms with Gasteiger partial charge in [-0.2, -0.15) is 0 Å². The van der Waals surface area contributed by atoms with Gasteiger partial charge in [-0.05, 0) is 19.3 Å². The maximum absolute atomic E-state index is 14.0. The van der Waals surface area contributed by atoms with E-state index >= 15 is 0 Å². The molecule has 0 aliphatic carbocycles. The SMILES string of the molecule is CCCCCCCCCCCCCCC(CCCCCCCCCCCCCC)C(=O)N[C@H](CO[C@H]1O[C@H](CO)[C@@H](O)[C@H](O)[C@@H]1O)C(=O)N[C@H](CCC(=O)O)C(=O)NC. The number of carboxylic acid groups (broad SMARTS) is 1. The van der Waals surface area contributed by atoms with Crippen molar-refractivity contribution < 1.29 is 54.2 Å². The zero-order valence-electron chi connectivity index (χ0n) is 37.0. The Balaban J connectivity index is 2.97. The summed E-state index contributed by atoms with van der Waals surface area (Å²) >= 11 is 0. The number of unbranched alkanes of at least 4 members (excludes halogenated alkanes) is 22. The van der Waals surface area contributed by atoms with Crippen molar-refractivity contribution in [3.8, 4) is 0 Å². The highest BCUT2D eigenvalue weighted by Gasteiger charge is 2.44. The lowest BCUT2D eigenvalue weighted by atomic mass is 9.92. The maximum atomic E-state index is 14.0. The monoisotopic (exact) mass is 844 g/mol. The average molecular weight is 844 g/mol. The van der Waals surface area contributed by atoms with E-state index in [1.807, 2.05) is 0 Å². The van der Waals surface area contributed by atoms with E-state index in [9.17, 15) is 44.7 Å². The molecule has 0 saturated carbocycles. The summed E-state index contributed by atoms with van der Waals surface area (Å²) < 4.78 is 11.2. The van der Waals surface area contributed by atoms with Crippen LogP contribution in [0, 0.1) is 5.92 Å². The molecule has 346 valence electrons. The molecule has 14 nitrogen and oxygen atoms in total. The Hall–Kier alpha value is -2.36. The van der Waals surface area contributed by atoms with Crippen LogP contribution in [-0.2, 0) is 28.7 Å². The molecule has 8 N–H and O–H groups in total. The second kappa shape index (κ2) is 35.3. The van der Waals surface area contributed by atoms with Crippen LogP contribution in [0.25, 0.3) is 0 Å². The lowest BCUT2D eigenvalue weighted by Gasteiger charge is -2.40. The Morgan fingerprint density at radius 3 is 1.39 bits per heavy atom. The molecule has 59 heavy (non-hydrogen) atoms. The number of aliphatic carboxylic acids is 1. The summed E-state index contributed by atoms with van der Waals surface area (Å²) in [5.41, 5.74) is 0. The standard InChI is InChI=1S/C45H85N3O11/c1-4-6-8-10-12-14-16-18-20-22-24-26-28-34(29-27-25-23-21-19-17-15-13-11-9-7-5-2)42(55)48-36(44(57)47-35(43(56)46-3)30-31-38(50)51)33-58-45-41(54)40(53)39(52)37(32-49)59-45/h34-37,39-41,45,49,52-54H,4-33H2,1-3H3,(H,46,56)(H,47,57)(H,48,55)(H,50,51)/t35-,36-,37-,39-,40+,41+,45+/m1/s1. The molecule has 1 heterocycles. The quantitative estimate of drug-likeness (QED) is 0.0328. The van der Waals surface area contributed by atoms with Crippen LogP contribution < -0.4 is 16.0 Å². The summed E-state index contributed by atoms with van der Waals surface area (Å²) in [6.45, 7) is 3.23. The van der Waals surface area contributed by atoms with Gasteiger partial charge in [0.1, 0.15) is 36.5 Å². The smallest absolute Gasteiger partial charge is 0.303 e. The zero-order valence-corrected chi connectivity index (χ0v) is 37.0. The number of hydrogen-bond donors (Lipinski definition) is 8. The molecule has 7 atom stereocenters. The first kappa shape index (κ1) is 54.7. The van der Waals surface area contributed by atoms with E-state index in [4.69, 9.17) is 9.47 Å². The summed E-state index contributed by atoms with van der Waals surface area (Å²) in [7, 11) is 1.36. The van der Waals surface area contributed by atoms with Crippen molar-refractivity contribution in [3.05, 3.63) is 0 Å². The number of aliphatic hydroxyl groups is 4. The fraction of sp³-hybridized carbons (Fsp3) is 0.911. The molecule has 0 spiro atoms. The van der Waals surface area contributed by atoms with Gasteiger partial charge in [-0.15, -0.1) is 0 Å². The zero-order chi connectivity index (χ0) is 43.7. The predicted octanol–water partition coefficient (Wildman–Crippen LogP) is 6.18. The van der Waals surface area contributed by atoms with E-state index in [0.29, 0.717) is 12.8 Å². The first-order chi connectivity index (χ1) is 28.5. The summed E-state index contributed by atoms with van der Waals surface area (Å²) in [6, 6.07) is -2.61. The number of hydrogen-bond acceptors (Lipinski definition) is 10. The normalized spacial score (nSPS) is 20.3. The Labute approximate surface area is 355 Å². The van der Waals surface area contributed by atoms with Crippen LogP contribution in [0.4, 0.5) is 0 Å². The predicted molar refractivity (Wildman–Crippen MR) is 229 cm³/mol. The molecule has 1 aliphatic heterocycles. The minimum atomic E-state index is -1.73. The Morgan fingerprint density at radius 2 is 0.983 bits per heavy atom. The summed E-state index contributed by atoms with van der Waals surface area (Å²) in [5.74, 6) is -3.31. The van der Waals surface area contributed by atoms with Crippen molar-refractivity contribution in [3.63, 3.8) is 0 Å². The van der Waals surface area contributed by atoms with Gasteiger partial charge in [0.25, 0.3) is 0 Å². The molecular weight excluding hydrogens is 759 g/mol. The number of ether oxygens (including phenoxy) is 2. The van der Waals surface area contributed by atoms with Crippen molar-refractivity contribution >= 4 is 23.7 Å². The van der Waals surface area contributed by atoms with Gasteiger partial charge in [0.05, 0.1) is 13.2 Å². The molecule has 0 aromatic heterocycles. The van der Waals surface area contributed by atoms with E-state index in [1.165, 1.54) is 110 Å². The minimum Gasteiger partial charge on any atom is -0.481 e. The number of carbonyl (C=O) groups is 4. The Bertz CT molecular complexity index is 1070. The van der Waals surface area contributed by atoms with Gasteiger partial charge >= 0.3 is 5.97 Å². The molecule has 1 rings (SSSR count). The first-order valence-electron chi connectivity index (χ1n) is 23.5. The van der Waals surface area contributed by atoms with Crippen LogP contribution in [0.1, 0.15) is 194 Å². The molecule has 0 aromatic rings. The number of carbonyl (C=O) groups excluding carboxylic acids is 3. The lowest BCUT2D eigenvalue weighted by Crippen LogP contribution is -2.60. The lowest BCUT2D eigenvalue weighted by molar-refractivity contribution is -0.301. The summed E-state index contributed by atoms with van der Waals surface area (Å²) in [6.07, 6.45) is 21.6. The van der Waals surface area contributed by atoms with Crippen molar-refractivity contribution in [2.75, 3.05) is 20.3 Å². The fourth-order valence-electron chi connectivity index (χ4n) is 7.72. The summed E-state index contributed by atoms with van der Waals surface area (Å²) in [4.78, 5) is 51.7. The van der Waals surface area contributed by atoms with Gasteiger partial charge in [0, 0.05) is 19.4 Å². The maximum Gasteiger partial charge on any atom is 0.303 e. The average Bonchev–Trinajstić information content (AvgIpc) is 3.22. The third-order valence-corrected chi connectivity index (χ3v) is 11.6. The van der Waals surface area contributed by atoms with E-state index in [2.05, 4.69) is 29.8 Å². The van der Waals surface area contributed by atoms with E-state index in [1.54, 1.807) is 0 Å². The number of amides is 3. The first-order valence-corrected chi connectivity index (χ1v) is 23.5. The highest BCUT2D eigenvalue weighted by Crippen LogP contribution is 2.24. The Morgan fingerprint density at radius 1 is 0.559 bits per heavy atom. The molecule has 0 radical (unpaired) electrons. The molecule has 1 aliphatic rings. The number of aliphatic hydroxyl groups excluding tert-OH is 4. The van der Waals surface area contributed by atoms with Gasteiger partial charge in [-0.3, -0.25) is 19.2 Å². The van der Waals surface area contributed by atoms with Crippen molar-refractivity contribution in [1.29, 1.82) is 0 Å². The molecule has 0 aromatic carbocycles. The summed E-state index contributed by atoms with van der Waals surface area (Å²) in [5, 5.41) is 57.7. The molecule has 0 unspecified atom stereocenters. The van der Waals surface area contributed by atoms with Gasteiger partial charge < -0.3 is 51.0 Å². The van der Waals surface area contributed by atoms with Crippen molar-refractivity contribution in [2.45, 2.75) is 236 Å². The molecule has 14 heteroatoms. The van der Waals surface area contributed by atoms with Crippen molar-refractivity contribution in [2.24, 2.45) is 5.92 Å². The number of rotatable bonds is 38. The van der Waals surface area contributed by atoms with Gasteiger partial charge in [-0.1, -0.05) is 168 Å².